The highest BCUT2D eigenvalue weighted by Gasteiger charge is 2.39. The molecule has 68 heavy (non-hydrogen) atoms. The molecule has 11 nitrogen and oxygen atoms in total. The van der Waals surface area contributed by atoms with Crippen molar-refractivity contribution in [3.63, 3.8) is 0 Å². The van der Waals surface area contributed by atoms with Gasteiger partial charge in [0, 0.05) is 51.8 Å². The SMILES string of the molecule is Cc1sc2c(c1C)C(c1ccc(Cl)cc1)=N[C@@H](CC(=O)NCCC(C(N)=O)[C@H](Cc1ccccc1)C(=O)N1C/C(=C\c3ccc(Cl)c(Cl)c3)C(=O)/C(=C/c3ccc(Cl)c(Cl)c3)C1)c1nnc(C)n1-2. The van der Waals surface area contributed by atoms with Crippen LogP contribution < -0.4 is 11.1 Å². The van der Waals surface area contributed by atoms with Crippen molar-refractivity contribution in [2.75, 3.05) is 19.6 Å². The lowest BCUT2D eigenvalue weighted by atomic mass is 9.82. The molecule has 17 heteroatoms. The van der Waals surface area contributed by atoms with Crippen LogP contribution in [0.5, 0.6) is 0 Å². The molecular formula is C51H44Cl5N7O4S. The minimum absolute atomic E-state index is 0.0201. The van der Waals surface area contributed by atoms with Crippen LogP contribution in [0.15, 0.2) is 107 Å². The van der Waals surface area contributed by atoms with Crippen LogP contribution >= 0.6 is 69.3 Å². The Morgan fingerprint density at radius 2 is 1.43 bits per heavy atom. The number of aromatic nitrogens is 3. The number of Topliss-reactive ketones (excluding diaryl/α,β-unsaturated/α-hetero) is 1. The average Bonchev–Trinajstić information content (AvgIpc) is 3.79. The molecule has 6 aromatic rings. The molecule has 1 saturated heterocycles. The molecule has 2 aliphatic rings. The normalized spacial score (nSPS) is 16.8. The Balaban J connectivity index is 1.07. The second kappa shape index (κ2) is 21.0. The van der Waals surface area contributed by atoms with Gasteiger partial charge in [-0.2, -0.15) is 0 Å². The first kappa shape index (κ1) is 48.8. The maximum Gasteiger partial charge on any atom is 0.227 e. The fourth-order valence-corrected chi connectivity index (χ4v) is 10.5. The molecule has 0 bridgehead atoms. The molecule has 348 valence electrons. The molecule has 0 saturated carbocycles. The zero-order valence-corrected chi connectivity index (χ0v) is 41.6. The highest BCUT2D eigenvalue weighted by atomic mass is 35.5. The third-order valence-corrected chi connectivity index (χ3v) is 15.1. The summed E-state index contributed by atoms with van der Waals surface area (Å²) < 4.78 is 1.97. The van der Waals surface area contributed by atoms with Crippen molar-refractivity contribution in [3.05, 3.63) is 177 Å². The van der Waals surface area contributed by atoms with E-state index in [0.717, 1.165) is 32.1 Å². The molecule has 4 heterocycles. The number of fused-ring (bicyclic) bond motifs is 3. The van der Waals surface area contributed by atoms with Crippen molar-refractivity contribution in [1.29, 1.82) is 0 Å². The van der Waals surface area contributed by atoms with Gasteiger partial charge in [-0.1, -0.05) is 113 Å². The number of primary amides is 1. The van der Waals surface area contributed by atoms with Crippen LogP contribution in [-0.2, 0) is 25.6 Å². The highest BCUT2D eigenvalue weighted by Crippen LogP contribution is 2.40. The molecule has 3 atom stereocenters. The van der Waals surface area contributed by atoms with Gasteiger partial charge in [-0.15, -0.1) is 21.5 Å². The lowest BCUT2D eigenvalue weighted by Crippen LogP contribution is -2.48. The van der Waals surface area contributed by atoms with E-state index in [1.165, 1.54) is 0 Å². The predicted molar refractivity (Wildman–Crippen MR) is 272 cm³/mol. The smallest absolute Gasteiger partial charge is 0.227 e. The summed E-state index contributed by atoms with van der Waals surface area (Å²) in [5.74, 6) is -2.55. The van der Waals surface area contributed by atoms with Crippen LogP contribution in [0.1, 0.15) is 68.8 Å². The number of nitrogens with one attached hydrogen (secondary N) is 1. The van der Waals surface area contributed by atoms with Gasteiger partial charge in [0.1, 0.15) is 16.9 Å². The van der Waals surface area contributed by atoms with E-state index in [9.17, 15) is 14.4 Å². The Morgan fingerprint density at radius 3 is 2.01 bits per heavy atom. The summed E-state index contributed by atoms with van der Waals surface area (Å²) in [7, 11) is 0. The standard InChI is InChI=1S/C51H44Cl5N7O4S/c1-27-28(2)68-51-45(27)46(33-11-13-36(52)14-12-33)59-43(49-61-60-29(3)63(49)51)24-44(64)58-18-17-37(48(57)66)38(21-30-7-5-4-6-8-30)50(67)62-25-34(19-31-9-15-39(53)41(55)22-31)47(65)35(26-62)20-32-10-16-40(54)42(56)23-32/h4-16,19-20,22-23,37-38,43H,17-18,21,24-26H2,1-3H3,(H2,57,66)(H,58,64)/b34-19+,35-20+/t37?,38-,43-/m0/s1. The summed E-state index contributed by atoms with van der Waals surface area (Å²) in [6.07, 6.45) is 3.46. The number of ketones is 1. The van der Waals surface area contributed by atoms with Gasteiger partial charge < -0.3 is 16.0 Å². The minimum Gasteiger partial charge on any atom is -0.369 e. The second-order valence-corrected chi connectivity index (χ2v) is 20.0. The van der Waals surface area contributed by atoms with E-state index in [4.69, 9.17) is 68.7 Å². The number of hydrogen-bond donors (Lipinski definition) is 2. The summed E-state index contributed by atoms with van der Waals surface area (Å²) in [5.41, 5.74) is 12.3. The number of thiophene rings is 1. The van der Waals surface area contributed by atoms with E-state index in [-0.39, 0.29) is 50.6 Å². The number of nitrogens with zero attached hydrogens (tertiary/aromatic N) is 5. The van der Waals surface area contributed by atoms with Gasteiger partial charge >= 0.3 is 0 Å². The van der Waals surface area contributed by atoms with Crippen LogP contribution in [0.3, 0.4) is 0 Å². The van der Waals surface area contributed by atoms with Crippen molar-refractivity contribution in [2.45, 2.75) is 46.1 Å². The molecule has 0 aliphatic carbocycles. The summed E-state index contributed by atoms with van der Waals surface area (Å²) in [6, 6.07) is 26.0. The van der Waals surface area contributed by atoms with Gasteiger partial charge in [-0.05, 0) is 104 Å². The first-order chi connectivity index (χ1) is 32.6. The van der Waals surface area contributed by atoms with Gasteiger partial charge in [-0.3, -0.25) is 28.7 Å². The van der Waals surface area contributed by atoms with Crippen LogP contribution in [-0.4, -0.2) is 68.5 Å². The summed E-state index contributed by atoms with van der Waals surface area (Å²) in [4.78, 5) is 64.8. The molecule has 1 unspecified atom stereocenters. The van der Waals surface area contributed by atoms with Crippen molar-refractivity contribution >= 4 is 111 Å². The Morgan fingerprint density at radius 1 is 0.809 bits per heavy atom. The number of piperidine rings is 1. The number of nitrogens with two attached hydrogens (primary N) is 1. The van der Waals surface area contributed by atoms with E-state index in [2.05, 4.69) is 29.4 Å². The van der Waals surface area contributed by atoms with Crippen LogP contribution in [0.4, 0.5) is 0 Å². The molecule has 3 amide bonds. The maximum atomic E-state index is 15.1. The van der Waals surface area contributed by atoms with Gasteiger partial charge in [0.15, 0.2) is 11.6 Å². The van der Waals surface area contributed by atoms with Crippen molar-refractivity contribution in [2.24, 2.45) is 22.6 Å². The molecule has 2 aliphatic heterocycles. The third kappa shape index (κ3) is 10.7. The molecule has 3 N–H and O–H groups in total. The van der Waals surface area contributed by atoms with E-state index in [1.807, 2.05) is 66.1 Å². The van der Waals surface area contributed by atoms with Crippen LogP contribution in [0, 0.1) is 32.6 Å². The second-order valence-electron chi connectivity index (χ2n) is 16.8. The third-order valence-electron chi connectivity index (χ3n) is 12.2. The van der Waals surface area contributed by atoms with E-state index >= 15 is 4.79 Å². The zero-order chi connectivity index (χ0) is 48.4. The number of likely N-dealkylation sites (tertiary alicyclic amines) is 1. The molecule has 1 fully saturated rings. The number of amides is 3. The van der Waals surface area contributed by atoms with Gasteiger partial charge in [0.05, 0.1) is 44.1 Å². The Hall–Kier alpha value is -5.60. The van der Waals surface area contributed by atoms with E-state index < -0.39 is 29.7 Å². The fourth-order valence-electron chi connectivity index (χ4n) is 8.60. The molecule has 0 radical (unpaired) electrons. The number of benzene rings is 4. The van der Waals surface area contributed by atoms with E-state index in [1.54, 1.807) is 64.8 Å². The Labute approximate surface area is 422 Å². The lowest BCUT2D eigenvalue weighted by molar-refractivity contribution is -0.141. The maximum absolute atomic E-state index is 15.1. The lowest BCUT2D eigenvalue weighted by Gasteiger charge is -2.35. The Bertz CT molecular complexity index is 2980. The molecule has 2 aromatic heterocycles. The fraction of sp³-hybridized carbons (Fsp3) is 0.235. The largest absolute Gasteiger partial charge is 0.369 e. The first-order valence-corrected chi connectivity index (χ1v) is 24.4. The number of aryl methyl sites for hydroxylation is 2. The van der Waals surface area contributed by atoms with Crippen molar-refractivity contribution in [1.82, 2.24) is 25.0 Å². The number of halogens is 5. The number of carbonyl (C=O) groups is 4. The highest BCUT2D eigenvalue weighted by molar-refractivity contribution is 7.15. The summed E-state index contributed by atoms with van der Waals surface area (Å²) in [5, 5.41) is 14.7. The van der Waals surface area contributed by atoms with Gasteiger partial charge in [-0.25, -0.2) is 0 Å². The topological polar surface area (TPSA) is 153 Å². The number of hydrogen-bond acceptors (Lipinski definition) is 8. The Kier molecular flexibility index (Phi) is 15.0. The predicted octanol–water partition coefficient (Wildman–Crippen LogP) is 10.8. The van der Waals surface area contributed by atoms with Gasteiger partial charge in [0.2, 0.25) is 17.7 Å². The zero-order valence-electron chi connectivity index (χ0n) is 37.0. The molecular weight excluding hydrogens is 984 g/mol. The van der Waals surface area contributed by atoms with Crippen LogP contribution in [0.25, 0.3) is 17.2 Å². The molecule has 0 spiro atoms. The average molecular weight is 1030 g/mol. The summed E-state index contributed by atoms with van der Waals surface area (Å²) >= 11 is 33.0. The molecule has 8 rings (SSSR count). The monoisotopic (exact) mass is 1030 g/mol. The molecule has 4 aromatic carbocycles. The van der Waals surface area contributed by atoms with Gasteiger partial charge in [0.25, 0.3) is 0 Å². The number of carbonyl (C=O) groups excluding carboxylic acids is 4. The quantitative estimate of drug-likeness (QED) is 0.110. The first-order valence-electron chi connectivity index (χ1n) is 21.7. The number of aliphatic imine (C=N–C) groups is 1. The van der Waals surface area contributed by atoms with Crippen LogP contribution in [0.2, 0.25) is 25.1 Å². The van der Waals surface area contributed by atoms with Crippen molar-refractivity contribution in [3.8, 4) is 5.00 Å². The summed E-state index contributed by atoms with van der Waals surface area (Å²) in [6.45, 7) is 5.86. The minimum atomic E-state index is -1.02. The number of rotatable bonds is 13. The van der Waals surface area contributed by atoms with E-state index in [0.29, 0.717) is 64.7 Å². The van der Waals surface area contributed by atoms with Crippen molar-refractivity contribution < 1.29 is 19.2 Å².